The van der Waals surface area contributed by atoms with Crippen molar-refractivity contribution in [1.29, 1.82) is 0 Å². The molecular weight excluding hydrogens is 348 g/mol. The van der Waals surface area contributed by atoms with E-state index < -0.39 is 5.91 Å². The number of hydrogen-bond acceptors (Lipinski definition) is 6. The van der Waals surface area contributed by atoms with Gasteiger partial charge in [-0.15, -0.1) is 0 Å². The molecule has 0 bridgehead atoms. The Morgan fingerprint density at radius 2 is 2.00 bits per heavy atom. The minimum absolute atomic E-state index is 0.250. The molecule has 0 aliphatic rings. The quantitative estimate of drug-likeness (QED) is 0.550. The molecule has 0 aliphatic heterocycles. The number of carbonyl (C=O) groups excluding carboxylic acids is 2. The lowest BCUT2D eigenvalue weighted by Crippen LogP contribution is -2.26. The second kappa shape index (κ2) is 8.33. The summed E-state index contributed by atoms with van der Waals surface area (Å²) in [6, 6.07) is 11.9. The lowest BCUT2D eigenvalue weighted by molar-refractivity contribution is 0.0950. The standard InChI is InChI=1S/C19H20N4O4/c1-26-16-8-7-12(11-14(16)18(25)21-10-4-9-20)17(24)22-19-13-5-2-3-6-15(13)23-27-19/h2-3,5-8,11H,4,9-10,20H2,1H3,(H,21,25)(H,22,24). The number of hydrogen-bond donors (Lipinski definition) is 3. The first-order valence-electron chi connectivity index (χ1n) is 8.46. The molecule has 0 saturated heterocycles. The Bertz CT molecular complexity index is 967. The Hall–Kier alpha value is -3.39. The molecule has 27 heavy (non-hydrogen) atoms. The van der Waals surface area contributed by atoms with E-state index in [-0.39, 0.29) is 17.4 Å². The Labute approximate surface area is 155 Å². The number of amides is 2. The molecule has 2 aromatic carbocycles. The van der Waals surface area contributed by atoms with E-state index in [0.29, 0.717) is 41.7 Å². The molecule has 0 fully saturated rings. The molecular formula is C19H20N4O4. The third-order valence-electron chi connectivity index (χ3n) is 3.98. The van der Waals surface area contributed by atoms with Gasteiger partial charge in [-0.25, -0.2) is 0 Å². The summed E-state index contributed by atoms with van der Waals surface area (Å²) in [4.78, 5) is 25.0. The van der Waals surface area contributed by atoms with Crippen LogP contribution >= 0.6 is 0 Å². The van der Waals surface area contributed by atoms with E-state index in [9.17, 15) is 9.59 Å². The van der Waals surface area contributed by atoms with Gasteiger partial charge in [0.1, 0.15) is 11.3 Å². The predicted molar refractivity (Wildman–Crippen MR) is 101 cm³/mol. The normalized spacial score (nSPS) is 10.6. The molecule has 0 unspecified atom stereocenters. The number of ether oxygens (including phenoxy) is 1. The number of methoxy groups -OCH3 is 1. The minimum atomic E-state index is -0.421. The van der Waals surface area contributed by atoms with Gasteiger partial charge < -0.3 is 20.3 Å². The smallest absolute Gasteiger partial charge is 0.258 e. The number of nitrogens with two attached hydrogens (primary N) is 1. The molecule has 8 heteroatoms. The molecule has 0 radical (unpaired) electrons. The summed E-state index contributed by atoms with van der Waals surface area (Å²) in [6.45, 7) is 0.921. The van der Waals surface area contributed by atoms with Crippen molar-refractivity contribution >= 4 is 28.6 Å². The number of fused-ring (bicyclic) bond motifs is 1. The minimum Gasteiger partial charge on any atom is -0.496 e. The molecule has 0 aliphatic carbocycles. The van der Waals surface area contributed by atoms with Gasteiger partial charge in [-0.3, -0.25) is 14.9 Å². The zero-order valence-electron chi connectivity index (χ0n) is 14.8. The third-order valence-corrected chi connectivity index (χ3v) is 3.98. The van der Waals surface area contributed by atoms with Crippen LogP contribution in [0.4, 0.5) is 5.88 Å². The Morgan fingerprint density at radius 3 is 2.78 bits per heavy atom. The van der Waals surface area contributed by atoms with Gasteiger partial charge in [0.2, 0.25) is 5.88 Å². The highest BCUT2D eigenvalue weighted by molar-refractivity contribution is 6.09. The van der Waals surface area contributed by atoms with Crippen LogP contribution in [0.1, 0.15) is 27.1 Å². The fourth-order valence-corrected chi connectivity index (χ4v) is 2.58. The molecule has 1 aromatic heterocycles. The number of aromatic nitrogens is 1. The first-order chi connectivity index (χ1) is 13.1. The summed E-state index contributed by atoms with van der Waals surface area (Å²) in [5, 5.41) is 10.0. The van der Waals surface area contributed by atoms with Gasteiger partial charge in [0.15, 0.2) is 0 Å². The van der Waals surface area contributed by atoms with Crippen LogP contribution in [-0.4, -0.2) is 37.2 Å². The van der Waals surface area contributed by atoms with Crippen LogP contribution in [0.25, 0.3) is 10.9 Å². The Morgan fingerprint density at radius 1 is 1.19 bits per heavy atom. The molecule has 0 atom stereocenters. The van der Waals surface area contributed by atoms with E-state index in [1.807, 2.05) is 12.1 Å². The summed E-state index contributed by atoms with van der Waals surface area (Å²) in [6.07, 6.45) is 0.660. The number of nitrogens with one attached hydrogen (secondary N) is 2. The lowest BCUT2D eigenvalue weighted by Gasteiger charge is -2.11. The number of carbonyl (C=O) groups is 2. The maximum absolute atomic E-state index is 12.6. The molecule has 4 N–H and O–H groups in total. The van der Waals surface area contributed by atoms with E-state index in [0.717, 1.165) is 0 Å². The highest BCUT2D eigenvalue weighted by atomic mass is 16.5. The Kier molecular flexibility index (Phi) is 5.68. The molecule has 1 heterocycles. The van der Waals surface area contributed by atoms with Gasteiger partial charge in [0.25, 0.3) is 11.8 Å². The monoisotopic (exact) mass is 368 g/mol. The van der Waals surface area contributed by atoms with Crippen molar-refractivity contribution < 1.29 is 18.8 Å². The van der Waals surface area contributed by atoms with Crippen LogP contribution < -0.4 is 21.1 Å². The number of nitrogens with zero attached hydrogens (tertiary/aromatic N) is 1. The second-order valence-electron chi connectivity index (χ2n) is 5.80. The topological polar surface area (TPSA) is 119 Å². The Balaban J connectivity index is 1.82. The largest absolute Gasteiger partial charge is 0.496 e. The average molecular weight is 368 g/mol. The maximum atomic E-state index is 12.6. The zero-order chi connectivity index (χ0) is 19.2. The van der Waals surface area contributed by atoms with Crippen LogP contribution in [0.2, 0.25) is 0 Å². The van der Waals surface area contributed by atoms with Crippen molar-refractivity contribution in [2.75, 3.05) is 25.5 Å². The van der Waals surface area contributed by atoms with Crippen molar-refractivity contribution in [2.45, 2.75) is 6.42 Å². The van der Waals surface area contributed by atoms with Crippen molar-refractivity contribution in [3.63, 3.8) is 0 Å². The van der Waals surface area contributed by atoms with Crippen LogP contribution in [-0.2, 0) is 0 Å². The molecule has 8 nitrogen and oxygen atoms in total. The van der Waals surface area contributed by atoms with Gasteiger partial charge in [-0.05, 0) is 43.3 Å². The zero-order valence-corrected chi connectivity index (χ0v) is 14.8. The molecule has 0 spiro atoms. The van der Waals surface area contributed by atoms with Gasteiger partial charge >= 0.3 is 0 Å². The molecule has 3 aromatic rings. The van der Waals surface area contributed by atoms with Crippen LogP contribution in [0.5, 0.6) is 5.75 Å². The summed E-state index contributed by atoms with van der Waals surface area (Å²) >= 11 is 0. The summed E-state index contributed by atoms with van der Waals surface area (Å²) in [7, 11) is 1.46. The molecule has 140 valence electrons. The van der Waals surface area contributed by atoms with Gasteiger partial charge in [-0.2, -0.15) is 0 Å². The fourth-order valence-electron chi connectivity index (χ4n) is 2.58. The van der Waals surface area contributed by atoms with E-state index in [2.05, 4.69) is 15.8 Å². The highest BCUT2D eigenvalue weighted by Gasteiger charge is 2.17. The second-order valence-corrected chi connectivity index (χ2v) is 5.80. The van der Waals surface area contributed by atoms with Crippen molar-refractivity contribution in [1.82, 2.24) is 10.5 Å². The van der Waals surface area contributed by atoms with E-state index in [1.54, 1.807) is 24.3 Å². The van der Waals surface area contributed by atoms with Gasteiger partial charge in [0, 0.05) is 12.1 Å². The summed E-state index contributed by atoms with van der Waals surface area (Å²) in [5.41, 5.74) is 6.64. The van der Waals surface area contributed by atoms with Crippen LogP contribution in [0.3, 0.4) is 0 Å². The number of benzene rings is 2. The maximum Gasteiger partial charge on any atom is 0.258 e. The van der Waals surface area contributed by atoms with Gasteiger partial charge in [0.05, 0.1) is 18.1 Å². The van der Waals surface area contributed by atoms with Crippen molar-refractivity contribution in [3.8, 4) is 5.75 Å². The first kappa shape index (κ1) is 18.4. The summed E-state index contributed by atoms with van der Waals surface area (Å²) < 4.78 is 10.4. The summed E-state index contributed by atoms with van der Waals surface area (Å²) in [5.74, 6) is -0.127. The van der Waals surface area contributed by atoms with E-state index in [1.165, 1.54) is 13.2 Å². The molecule has 2 amide bonds. The number of anilines is 1. The highest BCUT2D eigenvalue weighted by Crippen LogP contribution is 2.24. The van der Waals surface area contributed by atoms with E-state index >= 15 is 0 Å². The number of rotatable bonds is 7. The van der Waals surface area contributed by atoms with Crippen molar-refractivity contribution in [3.05, 3.63) is 53.6 Å². The van der Waals surface area contributed by atoms with Crippen LogP contribution in [0, 0.1) is 0 Å². The van der Waals surface area contributed by atoms with E-state index in [4.69, 9.17) is 15.0 Å². The van der Waals surface area contributed by atoms with Gasteiger partial charge in [-0.1, -0.05) is 17.3 Å². The lowest BCUT2D eigenvalue weighted by atomic mass is 10.1. The third kappa shape index (κ3) is 4.06. The first-order valence-corrected chi connectivity index (χ1v) is 8.46. The SMILES string of the molecule is COc1ccc(C(=O)Nc2onc3ccccc23)cc1C(=O)NCCCN. The molecule has 3 rings (SSSR count). The predicted octanol–water partition coefficient (Wildman–Crippen LogP) is 2.17. The van der Waals surface area contributed by atoms with Crippen molar-refractivity contribution in [2.24, 2.45) is 5.73 Å². The average Bonchev–Trinajstić information content (AvgIpc) is 3.10. The molecule has 0 saturated carbocycles. The van der Waals surface area contributed by atoms with Crippen LogP contribution in [0.15, 0.2) is 47.0 Å². The fraction of sp³-hybridized carbons (Fsp3) is 0.211.